The van der Waals surface area contributed by atoms with Crippen molar-refractivity contribution in [3.63, 3.8) is 0 Å². The number of hydrogen-bond donors (Lipinski definition) is 0. The third-order valence-electron chi connectivity index (χ3n) is 12.2. The number of benzene rings is 5. The lowest BCUT2D eigenvalue weighted by atomic mass is 9.07. The summed E-state index contributed by atoms with van der Waals surface area (Å²) in [6, 6.07) is 47.8. The first-order valence-electron chi connectivity index (χ1n) is 16.4. The summed E-state index contributed by atoms with van der Waals surface area (Å²) in [5.41, 5.74) is 9.63. The van der Waals surface area contributed by atoms with E-state index in [0.29, 0.717) is 33.7 Å². The van der Waals surface area contributed by atoms with Crippen LogP contribution in [0.25, 0.3) is 45.3 Å². The minimum atomic E-state index is 0.324. The van der Waals surface area contributed by atoms with Gasteiger partial charge >= 0.3 is 0 Å². The summed E-state index contributed by atoms with van der Waals surface area (Å²) in [6.45, 7) is 0. The van der Waals surface area contributed by atoms with Crippen molar-refractivity contribution in [1.82, 2.24) is 15.0 Å². The van der Waals surface area contributed by atoms with Crippen molar-refractivity contribution in [2.75, 3.05) is 0 Å². The van der Waals surface area contributed by atoms with Crippen LogP contribution in [-0.2, 0) is 10.8 Å². The molecule has 6 aromatic rings. The zero-order valence-electron chi connectivity index (χ0n) is 25.4. The fraction of sp³-hybridized carbons (Fsp3) is 0.214. The Morgan fingerprint density at radius 3 is 1.35 bits per heavy atom. The van der Waals surface area contributed by atoms with Gasteiger partial charge in [0.05, 0.1) is 0 Å². The van der Waals surface area contributed by atoms with Crippen molar-refractivity contribution in [1.29, 1.82) is 0 Å². The summed E-state index contributed by atoms with van der Waals surface area (Å²) in [4.78, 5) is 15.0. The molecule has 4 fully saturated rings. The zero-order chi connectivity index (χ0) is 30.5. The Morgan fingerprint density at radius 2 is 0.848 bits per heavy atom. The Morgan fingerprint density at radius 1 is 0.457 bits per heavy atom. The van der Waals surface area contributed by atoms with Crippen LogP contribution in [0.1, 0.15) is 36.8 Å². The van der Waals surface area contributed by atoms with Gasteiger partial charge in [0.1, 0.15) is 0 Å². The van der Waals surface area contributed by atoms with E-state index in [1.54, 1.807) is 5.56 Å². The van der Waals surface area contributed by atoms with E-state index in [2.05, 4.69) is 125 Å². The molecule has 222 valence electrons. The first-order valence-corrected chi connectivity index (χ1v) is 17.2. The van der Waals surface area contributed by atoms with E-state index in [9.17, 15) is 0 Å². The first-order chi connectivity index (χ1) is 22.6. The predicted octanol–water partition coefficient (Wildman–Crippen LogP) is 10.3. The molecular weight excluding hydrogens is 626 g/mol. The molecule has 0 radical (unpaired) electrons. The van der Waals surface area contributed by atoms with E-state index in [0.717, 1.165) is 28.5 Å². The van der Waals surface area contributed by atoms with Gasteiger partial charge in [-0.15, -0.1) is 0 Å². The maximum absolute atomic E-state index is 5.04. The number of hydrogen-bond acceptors (Lipinski definition) is 3. The Kier molecular flexibility index (Phi) is 5.56. The molecule has 0 saturated heterocycles. The number of rotatable bonds is 6. The molecule has 4 aliphatic carbocycles. The highest BCUT2D eigenvalue weighted by molar-refractivity contribution is 9.10. The zero-order valence-corrected chi connectivity index (χ0v) is 27.0. The number of aromatic nitrogens is 3. The molecular formula is C42H32BrN3. The summed E-state index contributed by atoms with van der Waals surface area (Å²) < 4.78 is 1.17. The van der Waals surface area contributed by atoms with Gasteiger partial charge in [0.25, 0.3) is 0 Å². The van der Waals surface area contributed by atoms with Crippen LogP contribution in [0.2, 0.25) is 0 Å². The van der Waals surface area contributed by atoms with Gasteiger partial charge in [-0.3, -0.25) is 0 Å². The van der Waals surface area contributed by atoms with Crippen molar-refractivity contribution < 1.29 is 0 Å². The van der Waals surface area contributed by atoms with Gasteiger partial charge in [0.15, 0.2) is 17.5 Å². The largest absolute Gasteiger partial charge is 0.208 e. The first kappa shape index (κ1) is 26.8. The SMILES string of the molecule is Brc1ccc(C23CC4CC5CC(c6ccc(-c7nc(-c8ccccc8)nc(-c8ccc(-c9ccccc9)cc8)n7)cc6)(C2)C453)cc1. The van der Waals surface area contributed by atoms with Crippen LogP contribution in [-0.4, -0.2) is 15.0 Å². The molecule has 5 atom stereocenters. The molecule has 0 amide bonds. The van der Waals surface area contributed by atoms with Crippen LogP contribution < -0.4 is 0 Å². The van der Waals surface area contributed by atoms with Crippen molar-refractivity contribution in [3.8, 4) is 45.3 Å². The standard InChI is InChI=1S/C42H32BrN3/c43-36-21-19-33(20-22-36)41-25-35-23-34-24-40(26-41,42(34,35)41)32-17-15-31(16-18-32)39-45-37(29-9-5-2-6-10-29)44-38(46-39)30-13-11-28(12-14-30)27-7-3-1-4-8-27/h1-22,34-35H,23-26H2. The summed E-state index contributed by atoms with van der Waals surface area (Å²) in [5.74, 6) is 3.87. The van der Waals surface area contributed by atoms with Crippen LogP contribution in [0.4, 0.5) is 0 Å². The molecule has 1 aromatic heterocycles. The van der Waals surface area contributed by atoms with E-state index in [1.807, 2.05) is 24.3 Å². The van der Waals surface area contributed by atoms with Crippen molar-refractivity contribution in [2.45, 2.75) is 36.5 Å². The Labute approximate surface area is 278 Å². The van der Waals surface area contributed by atoms with Crippen LogP contribution in [0.5, 0.6) is 0 Å². The minimum Gasteiger partial charge on any atom is -0.208 e. The lowest BCUT2D eigenvalue weighted by Crippen LogP contribution is -2.93. The molecule has 4 heteroatoms. The van der Waals surface area contributed by atoms with Gasteiger partial charge < -0.3 is 0 Å². The summed E-state index contributed by atoms with van der Waals surface area (Å²) >= 11 is 3.65. The fourth-order valence-corrected chi connectivity index (χ4v) is 10.8. The van der Waals surface area contributed by atoms with E-state index in [1.165, 1.54) is 46.8 Å². The molecule has 0 aliphatic heterocycles. The van der Waals surface area contributed by atoms with Crippen molar-refractivity contribution in [3.05, 3.63) is 149 Å². The third-order valence-corrected chi connectivity index (χ3v) is 12.8. The summed E-state index contributed by atoms with van der Waals surface area (Å²) in [6.07, 6.45) is 5.42. The lowest BCUT2D eigenvalue weighted by Gasteiger charge is -2.96. The second-order valence-corrected chi connectivity index (χ2v) is 14.9. The molecule has 5 unspecified atom stereocenters. The third kappa shape index (κ3) is 3.40. The van der Waals surface area contributed by atoms with Gasteiger partial charge in [-0.05, 0) is 77.3 Å². The fourth-order valence-electron chi connectivity index (χ4n) is 10.6. The van der Waals surface area contributed by atoms with E-state index < -0.39 is 0 Å². The maximum atomic E-state index is 5.04. The second kappa shape index (κ2) is 9.56. The molecule has 1 heterocycles. The number of nitrogens with zero attached hydrogens (tertiary/aromatic N) is 3. The lowest BCUT2D eigenvalue weighted by molar-refractivity contribution is -0.412. The van der Waals surface area contributed by atoms with Gasteiger partial charge in [0, 0.05) is 32.0 Å². The van der Waals surface area contributed by atoms with Gasteiger partial charge in [-0.2, -0.15) is 0 Å². The van der Waals surface area contributed by atoms with E-state index in [4.69, 9.17) is 15.0 Å². The van der Waals surface area contributed by atoms with E-state index >= 15 is 0 Å². The summed E-state index contributed by atoms with van der Waals surface area (Å²) in [7, 11) is 0. The molecule has 4 aliphatic rings. The maximum Gasteiger partial charge on any atom is 0.164 e. The molecule has 3 nitrogen and oxygen atoms in total. The van der Waals surface area contributed by atoms with Crippen LogP contribution >= 0.6 is 15.9 Å². The minimum absolute atomic E-state index is 0.324. The molecule has 46 heavy (non-hydrogen) atoms. The molecule has 1 spiro atoms. The van der Waals surface area contributed by atoms with Gasteiger partial charge in [-0.25, -0.2) is 15.0 Å². The predicted molar refractivity (Wildman–Crippen MR) is 187 cm³/mol. The quantitative estimate of drug-likeness (QED) is 0.179. The molecule has 4 saturated carbocycles. The Hall–Kier alpha value is -4.41. The summed E-state index contributed by atoms with van der Waals surface area (Å²) in [5, 5.41) is 0. The smallest absolute Gasteiger partial charge is 0.164 e. The average molecular weight is 659 g/mol. The number of halogens is 1. The Balaban J connectivity index is 1.00. The van der Waals surface area contributed by atoms with Gasteiger partial charge in [0.2, 0.25) is 0 Å². The molecule has 10 rings (SSSR count). The van der Waals surface area contributed by atoms with Crippen LogP contribution in [0.3, 0.4) is 0 Å². The van der Waals surface area contributed by atoms with Crippen molar-refractivity contribution in [2.24, 2.45) is 17.3 Å². The molecule has 0 bridgehead atoms. The van der Waals surface area contributed by atoms with Crippen LogP contribution in [0, 0.1) is 17.3 Å². The van der Waals surface area contributed by atoms with Gasteiger partial charge in [-0.1, -0.05) is 137 Å². The highest BCUT2D eigenvalue weighted by Crippen LogP contribution is 2.97. The monoisotopic (exact) mass is 657 g/mol. The second-order valence-electron chi connectivity index (χ2n) is 13.9. The highest BCUT2D eigenvalue weighted by atomic mass is 79.9. The molecule has 0 N–H and O–H groups in total. The molecule has 5 aromatic carbocycles. The van der Waals surface area contributed by atoms with E-state index in [-0.39, 0.29) is 0 Å². The normalized spacial score (nSPS) is 28.0. The highest BCUT2D eigenvalue weighted by Gasteiger charge is 2.93. The average Bonchev–Trinajstić information content (AvgIpc) is 3.09. The van der Waals surface area contributed by atoms with Crippen molar-refractivity contribution >= 4 is 15.9 Å². The Bertz CT molecular complexity index is 2110. The topological polar surface area (TPSA) is 38.7 Å². The van der Waals surface area contributed by atoms with Crippen LogP contribution in [0.15, 0.2) is 138 Å².